The van der Waals surface area contributed by atoms with Crippen LogP contribution in [0.3, 0.4) is 0 Å². The Hall–Kier alpha value is -1.42. The standard InChI is InChI=1S/C17H19BrN2O/c1-12(18)13-7-10-20(11-8-13)17(21)15-6-2-4-14-5-3-9-19-16(14)15/h2-6,9,12-13H,7-8,10-11H2,1H3. The number of piperidine rings is 1. The lowest BCUT2D eigenvalue weighted by atomic mass is 9.94. The zero-order valence-corrected chi connectivity index (χ0v) is 13.7. The van der Waals surface area contributed by atoms with E-state index in [1.807, 2.05) is 35.2 Å². The maximum absolute atomic E-state index is 12.8. The molecule has 110 valence electrons. The third-order valence-electron chi connectivity index (χ3n) is 4.34. The van der Waals surface area contributed by atoms with Crippen LogP contribution in [0.4, 0.5) is 0 Å². The second kappa shape index (κ2) is 6.14. The van der Waals surface area contributed by atoms with E-state index >= 15 is 0 Å². The van der Waals surface area contributed by atoms with E-state index in [1.165, 1.54) is 0 Å². The number of halogens is 1. The van der Waals surface area contributed by atoms with Gasteiger partial charge in [0, 0.05) is 29.5 Å². The fraction of sp³-hybridized carbons (Fsp3) is 0.412. The number of para-hydroxylation sites is 1. The van der Waals surface area contributed by atoms with Crippen LogP contribution in [0.25, 0.3) is 10.9 Å². The molecule has 1 saturated heterocycles. The zero-order valence-electron chi connectivity index (χ0n) is 12.1. The lowest BCUT2D eigenvalue weighted by Gasteiger charge is -2.33. The van der Waals surface area contributed by atoms with E-state index in [0.29, 0.717) is 10.7 Å². The molecule has 3 nitrogen and oxygen atoms in total. The first kappa shape index (κ1) is 14.5. The number of likely N-dealkylation sites (tertiary alicyclic amines) is 1. The van der Waals surface area contributed by atoms with Crippen LogP contribution in [0.2, 0.25) is 0 Å². The smallest absolute Gasteiger partial charge is 0.256 e. The largest absolute Gasteiger partial charge is 0.339 e. The van der Waals surface area contributed by atoms with Crippen molar-refractivity contribution in [3.63, 3.8) is 0 Å². The van der Waals surface area contributed by atoms with Crippen LogP contribution in [0.1, 0.15) is 30.1 Å². The van der Waals surface area contributed by atoms with E-state index in [9.17, 15) is 4.79 Å². The van der Waals surface area contributed by atoms with Gasteiger partial charge in [0.15, 0.2) is 0 Å². The Kier molecular flexibility index (Phi) is 4.24. The molecule has 2 heterocycles. The lowest BCUT2D eigenvalue weighted by Crippen LogP contribution is -2.40. The van der Waals surface area contributed by atoms with Crippen molar-refractivity contribution in [1.82, 2.24) is 9.88 Å². The van der Waals surface area contributed by atoms with Gasteiger partial charge in [0.25, 0.3) is 5.91 Å². The predicted molar refractivity (Wildman–Crippen MR) is 88.8 cm³/mol. The summed E-state index contributed by atoms with van der Waals surface area (Å²) in [5, 5.41) is 1.02. The first-order valence-electron chi connectivity index (χ1n) is 7.44. The Morgan fingerprint density at radius 2 is 2.00 bits per heavy atom. The van der Waals surface area contributed by atoms with Gasteiger partial charge in [0.1, 0.15) is 0 Å². The average Bonchev–Trinajstić information content (AvgIpc) is 2.53. The molecule has 1 aromatic heterocycles. The molecule has 2 aromatic rings. The maximum Gasteiger partial charge on any atom is 0.256 e. The molecule has 4 heteroatoms. The van der Waals surface area contributed by atoms with Gasteiger partial charge in [-0.25, -0.2) is 0 Å². The molecule has 0 saturated carbocycles. The van der Waals surface area contributed by atoms with Gasteiger partial charge in [-0.05, 0) is 30.9 Å². The third-order valence-corrected chi connectivity index (χ3v) is 5.09. The second-order valence-corrected chi connectivity index (χ2v) is 7.13. The van der Waals surface area contributed by atoms with Crippen molar-refractivity contribution in [1.29, 1.82) is 0 Å². The molecule has 1 amide bonds. The normalized spacial score (nSPS) is 17.9. The van der Waals surface area contributed by atoms with Gasteiger partial charge in [-0.1, -0.05) is 41.1 Å². The number of rotatable bonds is 2. The van der Waals surface area contributed by atoms with Crippen molar-refractivity contribution in [2.45, 2.75) is 24.6 Å². The van der Waals surface area contributed by atoms with Crippen molar-refractivity contribution < 1.29 is 4.79 Å². The molecule has 1 atom stereocenters. The van der Waals surface area contributed by atoms with E-state index in [0.717, 1.165) is 42.4 Å². The molecule has 21 heavy (non-hydrogen) atoms. The molecule has 1 aliphatic heterocycles. The number of benzene rings is 1. The van der Waals surface area contributed by atoms with Crippen LogP contribution in [0.5, 0.6) is 0 Å². The fourth-order valence-electron chi connectivity index (χ4n) is 3.01. The van der Waals surface area contributed by atoms with Crippen LogP contribution in [-0.4, -0.2) is 33.7 Å². The van der Waals surface area contributed by atoms with Crippen molar-refractivity contribution in [2.24, 2.45) is 5.92 Å². The minimum Gasteiger partial charge on any atom is -0.339 e. The number of hydrogen-bond donors (Lipinski definition) is 0. The fourth-order valence-corrected chi connectivity index (χ4v) is 3.54. The molecule has 3 rings (SSSR count). The van der Waals surface area contributed by atoms with Crippen LogP contribution >= 0.6 is 15.9 Å². The van der Waals surface area contributed by atoms with Crippen molar-refractivity contribution in [3.05, 3.63) is 42.1 Å². The number of carbonyl (C=O) groups excluding carboxylic acids is 1. The molecule has 1 aromatic carbocycles. The summed E-state index contributed by atoms with van der Waals surface area (Å²) in [6.07, 6.45) is 3.88. The molecule has 1 aliphatic rings. The van der Waals surface area contributed by atoms with Gasteiger partial charge in [0.2, 0.25) is 0 Å². The Bertz CT molecular complexity index is 643. The van der Waals surface area contributed by atoms with Crippen molar-refractivity contribution >= 4 is 32.7 Å². The van der Waals surface area contributed by atoms with Gasteiger partial charge < -0.3 is 4.90 Å². The van der Waals surface area contributed by atoms with E-state index < -0.39 is 0 Å². The highest BCUT2D eigenvalue weighted by Crippen LogP contribution is 2.26. The molecular weight excluding hydrogens is 328 g/mol. The van der Waals surface area contributed by atoms with Crippen LogP contribution in [0, 0.1) is 5.92 Å². The molecule has 0 spiro atoms. The third kappa shape index (κ3) is 2.95. The number of aromatic nitrogens is 1. The van der Waals surface area contributed by atoms with E-state index in [1.54, 1.807) is 6.20 Å². The van der Waals surface area contributed by atoms with Crippen LogP contribution in [-0.2, 0) is 0 Å². The van der Waals surface area contributed by atoms with E-state index in [-0.39, 0.29) is 5.91 Å². The second-order valence-electron chi connectivity index (χ2n) is 5.69. The summed E-state index contributed by atoms with van der Waals surface area (Å²) in [5.74, 6) is 0.777. The first-order chi connectivity index (χ1) is 10.2. The molecule has 0 aliphatic carbocycles. The van der Waals surface area contributed by atoms with E-state index in [2.05, 4.69) is 27.8 Å². The Balaban J connectivity index is 1.82. The molecular formula is C17H19BrN2O. The number of hydrogen-bond acceptors (Lipinski definition) is 2. The summed E-state index contributed by atoms with van der Waals surface area (Å²) in [6.45, 7) is 3.86. The molecule has 0 radical (unpaired) electrons. The van der Waals surface area contributed by atoms with Crippen molar-refractivity contribution in [2.75, 3.05) is 13.1 Å². The van der Waals surface area contributed by atoms with Gasteiger partial charge in [-0.3, -0.25) is 9.78 Å². The number of fused-ring (bicyclic) bond motifs is 1. The Morgan fingerprint density at radius 3 is 2.71 bits per heavy atom. The summed E-state index contributed by atoms with van der Waals surface area (Å²) in [7, 11) is 0. The number of carbonyl (C=O) groups is 1. The highest BCUT2D eigenvalue weighted by molar-refractivity contribution is 9.09. The van der Waals surface area contributed by atoms with Gasteiger partial charge >= 0.3 is 0 Å². The average molecular weight is 347 g/mol. The van der Waals surface area contributed by atoms with Crippen molar-refractivity contribution in [3.8, 4) is 0 Å². The topological polar surface area (TPSA) is 33.2 Å². The van der Waals surface area contributed by atoms with Gasteiger partial charge in [-0.2, -0.15) is 0 Å². The minimum atomic E-state index is 0.111. The lowest BCUT2D eigenvalue weighted by molar-refractivity contribution is 0.0693. The molecule has 0 N–H and O–H groups in total. The zero-order chi connectivity index (χ0) is 14.8. The molecule has 0 bridgehead atoms. The van der Waals surface area contributed by atoms with Gasteiger partial charge in [-0.15, -0.1) is 0 Å². The highest BCUT2D eigenvalue weighted by atomic mass is 79.9. The van der Waals surface area contributed by atoms with E-state index in [4.69, 9.17) is 0 Å². The minimum absolute atomic E-state index is 0.111. The molecule has 1 fully saturated rings. The first-order valence-corrected chi connectivity index (χ1v) is 8.35. The number of amides is 1. The predicted octanol–water partition coefficient (Wildman–Crippen LogP) is 3.87. The monoisotopic (exact) mass is 346 g/mol. The number of nitrogens with zero attached hydrogens (tertiary/aromatic N) is 2. The summed E-state index contributed by atoms with van der Waals surface area (Å²) in [4.78, 5) is 19.6. The number of alkyl halides is 1. The number of pyridine rings is 1. The summed E-state index contributed by atoms with van der Waals surface area (Å²) < 4.78 is 0. The summed E-state index contributed by atoms with van der Waals surface area (Å²) in [5.41, 5.74) is 1.53. The SMILES string of the molecule is CC(Br)C1CCN(C(=O)c2cccc3cccnc23)CC1. The van der Waals surface area contributed by atoms with Crippen LogP contribution in [0.15, 0.2) is 36.5 Å². The van der Waals surface area contributed by atoms with Crippen LogP contribution < -0.4 is 0 Å². The maximum atomic E-state index is 12.8. The quantitative estimate of drug-likeness (QED) is 0.773. The summed E-state index contributed by atoms with van der Waals surface area (Å²) in [6, 6.07) is 9.72. The molecule has 1 unspecified atom stereocenters. The van der Waals surface area contributed by atoms with Gasteiger partial charge in [0.05, 0.1) is 11.1 Å². The Morgan fingerprint density at radius 1 is 1.29 bits per heavy atom. The highest BCUT2D eigenvalue weighted by Gasteiger charge is 2.26. The summed E-state index contributed by atoms with van der Waals surface area (Å²) >= 11 is 3.66. The Labute approximate surface area is 133 Å².